The molecule has 7 heteroatoms. The molecule has 4 N–H and O–H groups in total. The Morgan fingerprint density at radius 3 is 2.45 bits per heavy atom. The van der Waals surface area contributed by atoms with Crippen molar-refractivity contribution >= 4 is 27.3 Å². The molecule has 106 valence electrons. The van der Waals surface area contributed by atoms with Crippen LogP contribution in [0.3, 0.4) is 0 Å². The van der Waals surface area contributed by atoms with Gasteiger partial charge in [0.25, 0.3) is 0 Å². The number of aryl methyl sites for hydroxylation is 1. The Morgan fingerprint density at radius 2 is 1.80 bits per heavy atom. The molecule has 0 bridgehead atoms. The maximum absolute atomic E-state index is 11.6. The van der Waals surface area contributed by atoms with Crippen LogP contribution in [0, 0.1) is 6.92 Å². The Morgan fingerprint density at radius 1 is 1.10 bits per heavy atom. The SMILES string of the molecule is Cc1ccc(Cl)c(Oc2ccc(N)cc2S(N)(=O)=O)c1. The second-order valence-corrected chi connectivity index (χ2v) is 6.22. The summed E-state index contributed by atoms with van der Waals surface area (Å²) in [6.07, 6.45) is 0. The van der Waals surface area contributed by atoms with E-state index in [2.05, 4.69) is 0 Å². The highest BCUT2D eigenvalue weighted by Gasteiger charge is 2.17. The molecule has 0 radical (unpaired) electrons. The van der Waals surface area contributed by atoms with E-state index in [1.165, 1.54) is 18.2 Å². The van der Waals surface area contributed by atoms with Crippen molar-refractivity contribution < 1.29 is 13.2 Å². The van der Waals surface area contributed by atoms with Gasteiger partial charge in [-0.15, -0.1) is 0 Å². The number of hydrogen-bond donors (Lipinski definition) is 2. The van der Waals surface area contributed by atoms with Crippen molar-refractivity contribution in [1.82, 2.24) is 0 Å². The van der Waals surface area contributed by atoms with Crippen LogP contribution in [0.1, 0.15) is 5.56 Å². The molecule has 20 heavy (non-hydrogen) atoms. The molecule has 0 atom stereocenters. The first kappa shape index (κ1) is 14.6. The van der Waals surface area contributed by atoms with Crippen molar-refractivity contribution in [3.8, 4) is 11.5 Å². The number of nitrogens with two attached hydrogens (primary N) is 2. The van der Waals surface area contributed by atoms with Crippen molar-refractivity contribution in [3.05, 3.63) is 47.0 Å². The quantitative estimate of drug-likeness (QED) is 0.852. The number of halogens is 1. The zero-order valence-electron chi connectivity index (χ0n) is 10.6. The van der Waals surface area contributed by atoms with E-state index in [1.807, 2.05) is 13.0 Å². The topological polar surface area (TPSA) is 95.4 Å². The van der Waals surface area contributed by atoms with E-state index in [0.717, 1.165) is 5.56 Å². The van der Waals surface area contributed by atoms with E-state index in [-0.39, 0.29) is 16.3 Å². The second-order valence-electron chi connectivity index (χ2n) is 4.29. The summed E-state index contributed by atoms with van der Waals surface area (Å²) >= 11 is 6.01. The van der Waals surface area contributed by atoms with Crippen molar-refractivity contribution in [1.29, 1.82) is 0 Å². The normalized spacial score (nSPS) is 11.3. The van der Waals surface area contributed by atoms with Gasteiger partial charge in [0.15, 0.2) is 0 Å². The van der Waals surface area contributed by atoms with E-state index >= 15 is 0 Å². The number of nitrogen functional groups attached to an aromatic ring is 1. The molecule has 0 aliphatic rings. The molecule has 2 aromatic carbocycles. The van der Waals surface area contributed by atoms with E-state index in [1.54, 1.807) is 12.1 Å². The molecule has 2 aromatic rings. The molecule has 0 aliphatic heterocycles. The minimum Gasteiger partial charge on any atom is -0.454 e. The van der Waals surface area contributed by atoms with Crippen LogP contribution >= 0.6 is 11.6 Å². The average Bonchev–Trinajstić information content (AvgIpc) is 2.34. The van der Waals surface area contributed by atoms with Crippen molar-refractivity contribution in [3.63, 3.8) is 0 Å². The first-order valence-electron chi connectivity index (χ1n) is 5.64. The summed E-state index contributed by atoms with van der Waals surface area (Å²) in [6.45, 7) is 1.87. The van der Waals surface area contributed by atoms with Gasteiger partial charge >= 0.3 is 0 Å². The number of primary sulfonamides is 1. The predicted octanol–water partition coefficient (Wildman–Crippen LogP) is 2.67. The summed E-state index contributed by atoms with van der Waals surface area (Å²) in [5.74, 6) is 0.426. The number of ether oxygens (including phenoxy) is 1. The Bertz CT molecular complexity index is 760. The van der Waals surface area contributed by atoms with Crippen LogP contribution in [0.25, 0.3) is 0 Å². The fraction of sp³-hybridized carbons (Fsp3) is 0.0769. The smallest absolute Gasteiger partial charge is 0.241 e. The number of sulfonamides is 1. The van der Waals surface area contributed by atoms with E-state index in [4.69, 9.17) is 27.2 Å². The maximum atomic E-state index is 11.6. The van der Waals surface area contributed by atoms with Gasteiger partial charge in [-0.25, -0.2) is 13.6 Å². The van der Waals surface area contributed by atoms with Gasteiger partial charge in [-0.3, -0.25) is 0 Å². The lowest BCUT2D eigenvalue weighted by atomic mass is 10.2. The molecular weight excluding hydrogens is 300 g/mol. The molecule has 0 amide bonds. The summed E-state index contributed by atoms with van der Waals surface area (Å²) in [4.78, 5) is -0.185. The summed E-state index contributed by atoms with van der Waals surface area (Å²) < 4.78 is 28.7. The van der Waals surface area contributed by atoms with Crippen LogP contribution < -0.4 is 15.6 Å². The molecule has 0 unspecified atom stereocenters. The van der Waals surface area contributed by atoms with E-state index in [9.17, 15) is 8.42 Å². The number of benzene rings is 2. The average molecular weight is 313 g/mol. The van der Waals surface area contributed by atoms with Gasteiger partial charge in [-0.05, 0) is 42.8 Å². The van der Waals surface area contributed by atoms with Gasteiger partial charge in [-0.1, -0.05) is 17.7 Å². The monoisotopic (exact) mass is 312 g/mol. The lowest BCUT2D eigenvalue weighted by molar-refractivity contribution is 0.467. The van der Waals surface area contributed by atoms with Crippen molar-refractivity contribution in [2.45, 2.75) is 11.8 Å². The van der Waals surface area contributed by atoms with Crippen molar-refractivity contribution in [2.75, 3.05) is 5.73 Å². The molecule has 0 fully saturated rings. The van der Waals surface area contributed by atoms with Crippen LogP contribution in [-0.2, 0) is 10.0 Å². The van der Waals surface area contributed by atoms with E-state index in [0.29, 0.717) is 10.8 Å². The Labute approximate surface area is 122 Å². The molecule has 0 saturated heterocycles. The first-order valence-corrected chi connectivity index (χ1v) is 7.56. The van der Waals surface area contributed by atoms with Crippen LogP contribution in [0.4, 0.5) is 5.69 Å². The maximum Gasteiger partial charge on any atom is 0.241 e. The standard InChI is InChI=1S/C13H13ClN2O3S/c1-8-2-4-10(14)12(6-8)19-11-5-3-9(15)7-13(11)20(16,17)18/h2-7H,15H2,1H3,(H2,16,17,18). The number of rotatable bonds is 3. The van der Waals surface area contributed by atoms with E-state index < -0.39 is 10.0 Å². The van der Waals surface area contributed by atoms with Gasteiger partial charge in [-0.2, -0.15) is 0 Å². The van der Waals surface area contributed by atoms with Crippen molar-refractivity contribution in [2.24, 2.45) is 5.14 Å². The zero-order valence-corrected chi connectivity index (χ0v) is 12.2. The fourth-order valence-electron chi connectivity index (χ4n) is 1.64. The van der Waals surface area contributed by atoms with Gasteiger partial charge in [0.2, 0.25) is 10.0 Å². The summed E-state index contributed by atoms with van der Waals surface area (Å²) in [6, 6.07) is 9.39. The second kappa shape index (κ2) is 5.32. The molecule has 2 rings (SSSR count). The molecule has 0 heterocycles. The summed E-state index contributed by atoms with van der Waals surface area (Å²) in [7, 11) is -3.95. The lowest BCUT2D eigenvalue weighted by Gasteiger charge is -2.12. The third kappa shape index (κ3) is 3.22. The Kier molecular flexibility index (Phi) is 3.89. The van der Waals surface area contributed by atoms with Gasteiger partial charge in [0.1, 0.15) is 16.4 Å². The Balaban J connectivity index is 2.52. The minimum absolute atomic E-state index is 0.0780. The Hall–Kier alpha value is -1.76. The first-order chi connectivity index (χ1) is 9.27. The van der Waals surface area contributed by atoms with Gasteiger partial charge in [0, 0.05) is 5.69 Å². The summed E-state index contributed by atoms with van der Waals surface area (Å²) in [5, 5.41) is 5.52. The van der Waals surface area contributed by atoms with Gasteiger partial charge in [0.05, 0.1) is 5.02 Å². The predicted molar refractivity (Wildman–Crippen MR) is 78.5 cm³/mol. The largest absolute Gasteiger partial charge is 0.454 e. The highest BCUT2D eigenvalue weighted by molar-refractivity contribution is 7.89. The van der Waals surface area contributed by atoms with Gasteiger partial charge < -0.3 is 10.5 Å². The zero-order chi connectivity index (χ0) is 14.9. The molecule has 0 aliphatic carbocycles. The molecule has 5 nitrogen and oxygen atoms in total. The highest BCUT2D eigenvalue weighted by atomic mass is 35.5. The molecular formula is C13H13ClN2O3S. The van der Waals surface area contributed by atoms with Crippen LogP contribution in [0.5, 0.6) is 11.5 Å². The minimum atomic E-state index is -3.95. The lowest BCUT2D eigenvalue weighted by Crippen LogP contribution is -2.13. The van der Waals surface area contributed by atoms with Crippen LogP contribution in [0.2, 0.25) is 5.02 Å². The third-order valence-corrected chi connectivity index (χ3v) is 3.83. The summed E-state index contributed by atoms with van der Waals surface area (Å²) in [5.41, 5.74) is 6.77. The number of hydrogen-bond acceptors (Lipinski definition) is 4. The molecule has 0 aromatic heterocycles. The van der Waals surface area contributed by atoms with Crippen LogP contribution in [0.15, 0.2) is 41.3 Å². The third-order valence-electron chi connectivity index (χ3n) is 2.58. The highest BCUT2D eigenvalue weighted by Crippen LogP contribution is 2.34. The number of anilines is 1. The van der Waals surface area contributed by atoms with Crippen LogP contribution in [-0.4, -0.2) is 8.42 Å². The molecule has 0 spiro atoms. The molecule has 0 saturated carbocycles. The fourth-order valence-corrected chi connectivity index (χ4v) is 2.49.